The van der Waals surface area contributed by atoms with Crippen molar-refractivity contribution in [2.45, 2.75) is 39.0 Å². The Morgan fingerprint density at radius 2 is 2.00 bits per heavy atom. The summed E-state index contributed by atoms with van der Waals surface area (Å²) < 4.78 is 0. The van der Waals surface area contributed by atoms with E-state index in [4.69, 9.17) is 5.73 Å². The number of aromatic nitrogens is 1. The van der Waals surface area contributed by atoms with Gasteiger partial charge in [-0.3, -0.25) is 9.59 Å². The van der Waals surface area contributed by atoms with Crippen LogP contribution in [0, 0.1) is 12.3 Å². The highest BCUT2D eigenvalue weighted by Crippen LogP contribution is 2.48. The summed E-state index contributed by atoms with van der Waals surface area (Å²) in [6.45, 7) is 1.82. The molecule has 5 heteroatoms. The lowest BCUT2D eigenvalue weighted by atomic mass is 9.84. The normalized spacial score (nSPS) is 21.6. The number of anilines is 2. The minimum atomic E-state index is -0.452. The second-order valence-electron chi connectivity index (χ2n) is 5.61. The summed E-state index contributed by atoms with van der Waals surface area (Å²) in [4.78, 5) is 30.3. The number of carbonyl (C=O) groups is 2. The van der Waals surface area contributed by atoms with Gasteiger partial charge >= 0.3 is 0 Å². The standard InChI is InChI=1S/C14H17N3O2/c1-9-6-10(15)8-16-12(9)17-11(18)7-14(13(17)19)4-2-3-5-14/h6,8H,2-5,7,15H2,1H3. The van der Waals surface area contributed by atoms with Gasteiger partial charge in [0.25, 0.3) is 0 Å². The zero-order valence-electron chi connectivity index (χ0n) is 11.0. The number of rotatable bonds is 1. The molecule has 1 aromatic rings. The number of aryl methyl sites for hydroxylation is 1. The number of hydrogen-bond donors (Lipinski definition) is 1. The Balaban J connectivity index is 2.01. The van der Waals surface area contributed by atoms with Crippen molar-refractivity contribution in [2.75, 3.05) is 10.6 Å². The molecule has 0 radical (unpaired) electrons. The highest BCUT2D eigenvalue weighted by molar-refractivity contribution is 6.22. The molecule has 5 nitrogen and oxygen atoms in total. The van der Waals surface area contributed by atoms with Crippen molar-refractivity contribution >= 4 is 23.3 Å². The fraction of sp³-hybridized carbons (Fsp3) is 0.500. The Labute approximate surface area is 111 Å². The van der Waals surface area contributed by atoms with Crippen molar-refractivity contribution in [3.63, 3.8) is 0 Å². The van der Waals surface area contributed by atoms with Crippen LogP contribution in [0.2, 0.25) is 0 Å². The molecule has 1 aromatic heterocycles. The summed E-state index contributed by atoms with van der Waals surface area (Å²) in [6, 6.07) is 1.74. The van der Waals surface area contributed by atoms with Gasteiger partial charge in [-0.1, -0.05) is 12.8 Å². The third kappa shape index (κ3) is 1.72. The SMILES string of the molecule is Cc1cc(N)cnc1N1C(=O)CC2(CCCC2)C1=O. The maximum atomic E-state index is 12.6. The second-order valence-corrected chi connectivity index (χ2v) is 5.61. The average Bonchev–Trinajstić information content (AvgIpc) is 2.89. The Hall–Kier alpha value is -1.91. The number of nitrogen functional groups attached to an aromatic ring is 1. The Morgan fingerprint density at radius 3 is 2.63 bits per heavy atom. The lowest BCUT2D eigenvalue weighted by Gasteiger charge is -2.21. The minimum absolute atomic E-state index is 0.0737. The van der Waals surface area contributed by atoms with E-state index in [1.165, 1.54) is 11.1 Å². The summed E-state index contributed by atoms with van der Waals surface area (Å²) >= 11 is 0. The smallest absolute Gasteiger partial charge is 0.241 e. The molecule has 2 heterocycles. The van der Waals surface area contributed by atoms with Crippen LogP contribution in [-0.4, -0.2) is 16.8 Å². The zero-order chi connectivity index (χ0) is 13.6. The van der Waals surface area contributed by atoms with Crippen LogP contribution >= 0.6 is 0 Å². The number of nitrogens with two attached hydrogens (primary N) is 1. The quantitative estimate of drug-likeness (QED) is 0.780. The highest BCUT2D eigenvalue weighted by atomic mass is 16.2. The average molecular weight is 259 g/mol. The van der Waals surface area contributed by atoms with E-state index in [0.717, 1.165) is 31.2 Å². The molecule has 100 valence electrons. The van der Waals surface area contributed by atoms with Crippen LogP contribution in [0.15, 0.2) is 12.3 Å². The van der Waals surface area contributed by atoms with Crippen LogP contribution in [0.25, 0.3) is 0 Å². The second kappa shape index (κ2) is 4.05. The molecular weight excluding hydrogens is 242 g/mol. The number of hydrogen-bond acceptors (Lipinski definition) is 4. The first kappa shape index (κ1) is 12.1. The van der Waals surface area contributed by atoms with Crippen LogP contribution < -0.4 is 10.6 Å². The first-order chi connectivity index (χ1) is 9.03. The molecule has 1 aliphatic heterocycles. The van der Waals surface area contributed by atoms with Gasteiger partial charge in [-0.15, -0.1) is 0 Å². The summed E-state index contributed by atoms with van der Waals surface area (Å²) in [5, 5.41) is 0. The summed E-state index contributed by atoms with van der Waals surface area (Å²) in [5.41, 5.74) is 6.51. The van der Waals surface area contributed by atoms with Crippen molar-refractivity contribution < 1.29 is 9.59 Å². The number of imide groups is 1. The maximum Gasteiger partial charge on any atom is 0.241 e. The number of amides is 2. The van der Waals surface area contributed by atoms with E-state index in [2.05, 4.69) is 4.98 Å². The third-order valence-electron chi connectivity index (χ3n) is 4.24. The molecule has 0 unspecified atom stereocenters. The van der Waals surface area contributed by atoms with Crippen LogP contribution in [0.1, 0.15) is 37.7 Å². The minimum Gasteiger partial charge on any atom is -0.397 e. The molecule has 0 atom stereocenters. The summed E-state index contributed by atoms with van der Waals surface area (Å²) in [5.74, 6) is 0.232. The van der Waals surface area contributed by atoms with E-state index in [0.29, 0.717) is 17.9 Å². The van der Waals surface area contributed by atoms with Crippen molar-refractivity contribution in [2.24, 2.45) is 5.41 Å². The lowest BCUT2D eigenvalue weighted by Crippen LogP contribution is -2.35. The Morgan fingerprint density at radius 1 is 1.32 bits per heavy atom. The molecule has 2 N–H and O–H groups in total. The first-order valence-electron chi connectivity index (χ1n) is 6.63. The molecule has 2 amide bonds. The van der Waals surface area contributed by atoms with Gasteiger partial charge in [-0.25, -0.2) is 9.88 Å². The largest absolute Gasteiger partial charge is 0.397 e. The van der Waals surface area contributed by atoms with E-state index in [1.54, 1.807) is 6.07 Å². The predicted molar refractivity (Wildman–Crippen MR) is 71.4 cm³/mol. The van der Waals surface area contributed by atoms with E-state index in [1.807, 2.05) is 6.92 Å². The van der Waals surface area contributed by atoms with Crippen molar-refractivity contribution in [1.82, 2.24) is 4.98 Å². The van der Waals surface area contributed by atoms with Crippen LogP contribution in [0.5, 0.6) is 0 Å². The molecule has 1 saturated carbocycles. The van der Waals surface area contributed by atoms with Crippen LogP contribution in [0.4, 0.5) is 11.5 Å². The molecule has 2 fully saturated rings. The number of pyridine rings is 1. The van der Waals surface area contributed by atoms with Gasteiger partial charge in [0.2, 0.25) is 11.8 Å². The lowest BCUT2D eigenvalue weighted by molar-refractivity contribution is -0.125. The van der Waals surface area contributed by atoms with Crippen LogP contribution in [0.3, 0.4) is 0 Å². The Bertz CT molecular complexity index is 562. The molecule has 19 heavy (non-hydrogen) atoms. The highest BCUT2D eigenvalue weighted by Gasteiger charge is 2.53. The summed E-state index contributed by atoms with van der Waals surface area (Å²) in [6.07, 6.45) is 5.52. The topological polar surface area (TPSA) is 76.3 Å². The van der Waals surface area contributed by atoms with Gasteiger partial charge in [0.1, 0.15) is 5.82 Å². The van der Waals surface area contributed by atoms with E-state index >= 15 is 0 Å². The Kier molecular flexibility index (Phi) is 2.59. The van der Waals surface area contributed by atoms with Crippen LogP contribution in [-0.2, 0) is 9.59 Å². The maximum absolute atomic E-state index is 12.6. The van der Waals surface area contributed by atoms with Crippen molar-refractivity contribution in [3.8, 4) is 0 Å². The molecular formula is C14H17N3O2. The summed E-state index contributed by atoms with van der Waals surface area (Å²) in [7, 11) is 0. The fourth-order valence-corrected chi connectivity index (χ4v) is 3.27. The monoisotopic (exact) mass is 259 g/mol. The predicted octanol–water partition coefficient (Wildman–Crippen LogP) is 1.80. The van der Waals surface area contributed by atoms with E-state index in [9.17, 15) is 9.59 Å². The van der Waals surface area contributed by atoms with Gasteiger partial charge in [0, 0.05) is 6.42 Å². The molecule has 1 aliphatic carbocycles. The zero-order valence-corrected chi connectivity index (χ0v) is 11.0. The molecule has 2 aliphatic rings. The molecule has 0 bridgehead atoms. The molecule has 3 rings (SSSR count). The van der Waals surface area contributed by atoms with Crippen molar-refractivity contribution in [1.29, 1.82) is 0 Å². The number of carbonyl (C=O) groups excluding carboxylic acids is 2. The number of nitrogens with zero attached hydrogens (tertiary/aromatic N) is 2. The van der Waals surface area contributed by atoms with Gasteiger partial charge in [-0.2, -0.15) is 0 Å². The van der Waals surface area contributed by atoms with Gasteiger partial charge in [0.05, 0.1) is 17.3 Å². The first-order valence-corrected chi connectivity index (χ1v) is 6.63. The van der Waals surface area contributed by atoms with E-state index in [-0.39, 0.29) is 11.8 Å². The van der Waals surface area contributed by atoms with Gasteiger partial charge in [0.15, 0.2) is 0 Å². The van der Waals surface area contributed by atoms with Gasteiger partial charge in [-0.05, 0) is 31.4 Å². The van der Waals surface area contributed by atoms with E-state index < -0.39 is 5.41 Å². The molecule has 1 saturated heterocycles. The third-order valence-corrected chi connectivity index (χ3v) is 4.24. The van der Waals surface area contributed by atoms with Crippen molar-refractivity contribution in [3.05, 3.63) is 17.8 Å². The van der Waals surface area contributed by atoms with Gasteiger partial charge < -0.3 is 5.73 Å². The molecule has 0 aromatic carbocycles. The molecule has 1 spiro atoms. The fourth-order valence-electron chi connectivity index (χ4n) is 3.27.